The molecule has 1 aliphatic rings. The number of rotatable bonds is 6. The fraction of sp³-hybridized carbons (Fsp3) is 0.647. The Morgan fingerprint density at radius 1 is 1.24 bits per heavy atom. The van der Waals surface area contributed by atoms with Crippen LogP contribution in [0.15, 0.2) is 12.4 Å². The molecule has 0 atom stereocenters. The van der Waals surface area contributed by atoms with Gasteiger partial charge in [0.25, 0.3) is 5.91 Å². The van der Waals surface area contributed by atoms with Gasteiger partial charge in [-0.25, -0.2) is 14.8 Å². The van der Waals surface area contributed by atoms with Crippen LogP contribution in [0.3, 0.4) is 0 Å². The molecule has 0 spiro atoms. The van der Waals surface area contributed by atoms with E-state index >= 15 is 0 Å². The van der Waals surface area contributed by atoms with E-state index < -0.39 is 0 Å². The molecule has 0 aromatic carbocycles. The van der Waals surface area contributed by atoms with E-state index in [1.807, 2.05) is 4.90 Å². The SMILES string of the molecule is CCOC(=O)N1CCN(c2cc(C(=O)NCCC(C)C)ncn2)CC1. The minimum Gasteiger partial charge on any atom is -0.450 e. The molecule has 8 heteroatoms. The third kappa shape index (κ3) is 5.58. The number of nitrogens with zero attached hydrogens (tertiary/aromatic N) is 4. The van der Waals surface area contributed by atoms with Crippen LogP contribution in [0.25, 0.3) is 0 Å². The molecule has 2 heterocycles. The zero-order chi connectivity index (χ0) is 18.2. The van der Waals surface area contributed by atoms with Crippen LogP contribution < -0.4 is 10.2 Å². The topological polar surface area (TPSA) is 87.7 Å². The summed E-state index contributed by atoms with van der Waals surface area (Å²) in [6.07, 6.45) is 2.05. The lowest BCUT2D eigenvalue weighted by Crippen LogP contribution is -2.49. The van der Waals surface area contributed by atoms with Gasteiger partial charge in [-0.15, -0.1) is 0 Å². The van der Waals surface area contributed by atoms with Gasteiger partial charge < -0.3 is 19.9 Å². The zero-order valence-electron chi connectivity index (χ0n) is 15.2. The molecule has 0 aliphatic carbocycles. The first-order chi connectivity index (χ1) is 12.0. The number of ether oxygens (including phenoxy) is 1. The van der Waals surface area contributed by atoms with Gasteiger partial charge in [0.1, 0.15) is 17.8 Å². The molecule has 0 radical (unpaired) electrons. The van der Waals surface area contributed by atoms with Crippen molar-refractivity contribution in [3.8, 4) is 0 Å². The van der Waals surface area contributed by atoms with Gasteiger partial charge in [-0.2, -0.15) is 0 Å². The number of aromatic nitrogens is 2. The van der Waals surface area contributed by atoms with Gasteiger partial charge in [-0.3, -0.25) is 4.79 Å². The zero-order valence-corrected chi connectivity index (χ0v) is 15.2. The minimum absolute atomic E-state index is 0.186. The smallest absolute Gasteiger partial charge is 0.409 e. The third-order valence-electron chi connectivity index (χ3n) is 4.02. The quantitative estimate of drug-likeness (QED) is 0.838. The van der Waals surface area contributed by atoms with Crippen molar-refractivity contribution in [2.75, 3.05) is 44.2 Å². The van der Waals surface area contributed by atoms with Crippen LogP contribution in [-0.4, -0.2) is 66.2 Å². The molecule has 1 aromatic heterocycles. The highest BCUT2D eigenvalue weighted by Gasteiger charge is 2.23. The molecule has 8 nitrogen and oxygen atoms in total. The Kier molecular flexibility index (Phi) is 6.97. The highest BCUT2D eigenvalue weighted by Crippen LogP contribution is 2.14. The number of hydrogen-bond donors (Lipinski definition) is 1. The fourth-order valence-corrected chi connectivity index (χ4v) is 2.54. The van der Waals surface area contributed by atoms with Gasteiger partial charge in [0.2, 0.25) is 0 Å². The maximum absolute atomic E-state index is 12.2. The molecule has 0 saturated carbocycles. The second-order valence-electron chi connectivity index (χ2n) is 6.37. The summed E-state index contributed by atoms with van der Waals surface area (Å²) in [6.45, 7) is 9.46. The number of nitrogens with one attached hydrogen (secondary N) is 1. The molecule has 25 heavy (non-hydrogen) atoms. The van der Waals surface area contributed by atoms with E-state index in [0.29, 0.717) is 56.8 Å². The van der Waals surface area contributed by atoms with Gasteiger partial charge in [0.15, 0.2) is 0 Å². The first kappa shape index (κ1) is 19.0. The molecular formula is C17H27N5O3. The number of amides is 2. The van der Waals surface area contributed by atoms with E-state index in [1.165, 1.54) is 6.33 Å². The molecular weight excluding hydrogens is 322 g/mol. The van der Waals surface area contributed by atoms with Gasteiger partial charge in [0, 0.05) is 38.8 Å². The predicted molar refractivity (Wildman–Crippen MR) is 94.6 cm³/mol. The first-order valence-corrected chi connectivity index (χ1v) is 8.78. The lowest BCUT2D eigenvalue weighted by Gasteiger charge is -2.34. The van der Waals surface area contributed by atoms with Crippen LogP contribution in [0.1, 0.15) is 37.7 Å². The molecule has 2 rings (SSSR count). The number of carbonyl (C=O) groups excluding carboxylic acids is 2. The predicted octanol–water partition coefficient (Wildman–Crippen LogP) is 1.53. The number of piperazine rings is 1. The maximum Gasteiger partial charge on any atom is 0.409 e. The van der Waals surface area contributed by atoms with Crippen LogP contribution in [-0.2, 0) is 4.74 Å². The van der Waals surface area contributed by atoms with Crippen molar-refractivity contribution in [2.45, 2.75) is 27.2 Å². The number of carbonyl (C=O) groups is 2. The normalized spacial score (nSPS) is 14.6. The van der Waals surface area contributed by atoms with Crippen LogP contribution in [0, 0.1) is 5.92 Å². The first-order valence-electron chi connectivity index (χ1n) is 8.78. The molecule has 0 bridgehead atoms. The van der Waals surface area contributed by atoms with Crippen molar-refractivity contribution in [1.82, 2.24) is 20.2 Å². The summed E-state index contributed by atoms with van der Waals surface area (Å²) >= 11 is 0. The summed E-state index contributed by atoms with van der Waals surface area (Å²) in [6, 6.07) is 1.70. The lowest BCUT2D eigenvalue weighted by molar-refractivity contribution is 0.0946. The van der Waals surface area contributed by atoms with Crippen molar-refractivity contribution in [3.05, 3.63) is 18.1 Å². The summed E-state index contributed by atoms with van der Waals surface area (Å²) in [5.41, 5.74) is 0.363. The second-order valence-corrected chi connectivity index (χ2v) is 6.37. The van der Waals surface area contributed by atoms with Crippen molar-refractivity contribution >= 4 is 17.8 Å². The van der Waals surface area contributed by atoms with Crippen LogP contribution >= 0.6 is 0 Å². The van der Waals surface area contributed by atoms with Gasteiger partial charge >= 0.3 is 6.09 Å². The maximum atomic E-state index is 12.2. The van der Waals surface area contributed by atoms with Gasteiger partial charge in [-0.1, -0.05) is 13.8 Å². The summed E-state index contributed by atoms with van der Waals surface area (Å²) in [7, 11) is 0. The fourth-order valence-electron chi connectivity index (χ4n) is 2.54. The van der Waals surface area contributed by atoms with Crippen molar-refractivity contribution in [2.24, 2.45) is 5.92 Å². The molecule has 1 N–H and O–H groups in total. The van der Waals surface area contributed by atoms with E-state index in [0.717, 1.165) is 6.42 Å². The minimum atomic E-state index is -0.282. The molecule has 2 amide bonds. The van der Waals surface area contributed by atoms with E-state index in [-0.39, 0.29) is 12.0 Å². The van der Waals surface area contributed by atoms with E-state index in [4.69, 9.17) is 4.74 Å². The Hall–Kier alpha value is -2.38. The van der Waals surface area contributed by atoms with E-state index in [1.54, 1.807) is 17.9 Å². The highest BCUT2D eigenvalue weighted by molar-refractivity contribution is 5.92. The van der Waals surface area contributed by atoms with Crippen LogP contribution in [0.5, 0.6) is 0 Å². The lowest BCUT2D eigenvalue weighted by atomic mass is 10.1. The average Bonchev–Trinajstić information content (AvgIpc) is 2.62. The Balaban J connectivity index is 1.91. The van der Waals surface area contributed by atoms with E-state index in [2.05, 4.69) is 29.1 Å². The molecule has 138 valence electrons. The largest absolute Gasteiger partial charge is 0.450 e. The van der Waals surface area contributed by atoms with Crippen LogP contribution in [0.2, 0.25) is 0 Å². The van der Waals surface area contributed by atoms with E-state index in [9.17, 15) is 9.59 Å². The molecule has 1 aromatic rings. The van der Waals surface area contributed by atoms with Crippen LogP contribution in [0.4, 0.5) is 10.6 Å². The second kappa shape index (κ2) is 9.19. The van der Waals surface area contributed by atoms with Crippen molar-refractivity contribution in [1.29, 1.82) is 0 Å². The number of hydrogen-bond acceptors (Lipinski definition) is 6. The Morgan fingerprint density at radius 3 is 2.60 bits per heavy atom. The Bertz CT molecular complexity index is 585. The van der Waals surface area contributed by atoms with Gasteiger partial charge in [-0.05, 0) is 19.3 Å². The Labute approximate surface area is 148 Å². The summed E-state index contributed by atoms with van der Waals surface area (Å²) < 4.78 is 5.02. The van der Waals surface area contributed by atoms with Gasteiger partial charge in [0.05, 0.1) is 6.61 Å². The highest BCUT2D eigenvalue weighted by atomic mass is 16.6. The van der Waals surface area contributed by atoms with Crippen molar-refractivity contribution < 1.29 is 14.3 Å². The summed E-state index contributed by atoms with van der Waals surface area (Å²) in [4.78, 5) is 36.0. The molecule has 1 fully saturated rings. The molecule has 1 saturated heterocycles. The van der Waals surface area contributed by atoms with Crippen molar-refractivity contribution in [3.63, 3.8) is 0 Å². The summed E-state index contributed by atoms with van der Waals surface area (Å²) in [5.74, 6) is 1.05. The average molecular weight is 349 g/mol. The Morgan fingerprint density at radius 2 is 1.96 bits per heavy atom. The molecule has 1 aliphatic heterocycles. The molecule has 0 unspecified atom stereocenters. The number of anilines is 1. The standard InChI is InChI=1S/C17H27N5O3/c1-4-25-17(24)22-9-7-21(8-10-22)15-11-14(19-12-20-15)16(23)18-6-5-13(2)3/h11-13H,4-10H2,1-3H3,(H,18,23). The monoisotopic (exact) mass is 349 g/mol. The summed E-state index contributed by atoms with van der Waals surface area (Å²) in [5, 5.41) is 2.88. The third-order valence-corrected chi connectivity index (χ3v) is 4.02.